The number of nitrogens with zero attached hydrogens (tertiary/aromatic N) is 2. The van der Waals surface area contributed by atoms with Gasteiger partial charge in [-0.15, -0.1) is 0 Å². The first kappa shape index (κ1) is 18.5. The summed E-state index contributed by atoms with van der Waals surface area (Å²) in [7, 11) is 0. The first-order chi connectivity index (χ1) is 13.6. The first-order valence-electron chi connectivity index (χ1n) is 9.10. The van der Waals surface area contributed by atoms with E-state index in [0.29, 0.717) is 30.8 Å². The molecule has 1 atom stereocenters. The number of pyridine rings is 1. The molecule has 144 valence electrons. The average molecular weight is 382 g/mol. The zero-order chi connectivity index (χ0) is 19.5. The standard InChI is InChI=1S/C22H20F2N2O2/c23-19-4-5-20(24)17(11-19)13-26-8-9-28-21-6-3-15(10-18(21)14-26)22(27)16-2-1-7-25-12-16/h1-7,10-12,22,27H,8-9,13-14H2/t22-/m1/s1. The van der Waals surface area contributed by atoms with Crippen LogP contribution in [0.3, 0.4) is 0 Å². The van der Waals surface area contributed by atoms with E-state index in [9.17, 15) is 13.9 Å². The van der Waals surface area contributed by atoms with Crippen LogP contribution in [0.1, 0.15) is 28.4 Å². The number of fused-ring (bicyclic) bond motifs is 1. The van der Waals surface area contributed by atoms with Gasteiger partial charge >= 0.3 is 0 Å². The summed E-state index contributed by atoms with van der Waals surface area (Å²) in [5, 5.41) is 10.6. The van der Waals surface area contributed by atoms with Gasteiger partial charge in [0.1, 0.15) is 30.1 Å². The third-order valence-corrected chi connectivity index (χ3v) is 4.86. The minimum absolute atomic E-state index is 0.280. The number of rotatable bonds is 4. The Bertz CT molecular complexity index is 966. The molecule has 2 aromatic carbocycles. The molecule has 0 bridgehead atoms. The summed E-state index contributed by atoms with van der Waals surface area (Å²) in [6.45, 7) is 1.83. The molecule has 0 saturated carbocycles. The lowest BCUT2D eigenvalue weighted by molar-refractivity contribution is 0.217. The molecule has 0 fully saturated rings. The molecule has 0 aliphatic carbocycles. The van der Waals surface area contributed by atoms with Gasteiger partial charge in [0.05, 0.1) is 0 Å². The molecule has 0 spiro atoms. The predicted octanol–water partition coefficient (Wildman–Crippen LogP) is 3.84. The molecule has 1 aliphatic rings. The van der Waals surface area contributed by atoms with Crippen molar-refractivity contribution in [1.29, 1.82) is 0 Å². The van der Waals surface area contributed by atoms with Crippen molar-refractivity contribution in [3.8, 4) is 5.75 Å². The highest BCUT2D eigenvalue weighted by atomic mass is 19.1. The van der Waals surface area contributed by atoms with E-state index in [2.05, 4.69) is 4.98 Å². The summed E-state index contributed by atoms with van der Waals surface area (Å²) >= 11 is 0. The van der Waals surface area contributed by atoms with Crippen LogP contribution < -0.4 is 4.74 Å². The molecule has 6 heteroatoms. The molecule has 3 aromatic rings. The Kier molecular flexibility index (Phi) is 5.32. The third kappa shape index (κ3) is 4.03. The number of hydrogen-bond donors (Lipinski definition) is 1. The van der Waals surface area contributed by atoms with E-state index in [-0.39, 0.29) is 6.54 Å². The summed E-state index contributed by atoms with van der Waals surface area (Å²) in [5.74, 6) is -0.137. The minimum Gasteiger partial charge on any atom is -0.492 e. The summed E-state index contributed by atoms with van der Waals surface area (Å²) in [6, 6.07) is 12.7. The van der Waals surface area contributed by atoms with Crippen molar-refractivity contribution >= 4 is 0 Å². The van der Waals surface area contributed by atoms with Crippen LogP contribution in [-0.2, 0) is 13.1 Å². The van der Waals surface area contributed by atoms with Gasteiger partial charge in [0, 0.05) is 48.7 Å². The van der Waals surface area contributed by atoms with Gasteiger partial charge in [-0.1, -0.05) is 12.1 Å². The molecule has 4 rings (SSSR count). The van der Waals surface area contributed by atoms with Crippen molar-refractivity contribution in [2.24, 2.45) is 0 Å². The molecule has 1 N–H and O–H groups in total. The van der Waals surface area contributed by atoms with Gasteiger partial charge < -0.3 is 9.84 Å². The van der Waals surface area contributed by atoms with Crippen LogP contribution in [0.4, 0.5) is 8.78 Å². The molecular formula is C22H20F2N2O2. The highest BCUT2D eigenvalue weighted by molar-refractivity contribution is 5.41. The predicted molar refractivity (Wildman–Crippen MR) is 101 cm³/mol. The lowest BCUT2D eigenvalue weighted by Gasteiger charge is -2.20. The van der Waals surface area contributed by atoms with E-state index in [1.807, 2.05) is 29.2 Å². The zero-order valence-corrected chi connectivity index (χ0v) is 15.2. The van der Waals surface area contributed by atoms with Gasteiger partial charge in [-0.05, 0) is 42.0 Å². The van der Waals surface area contributed by atoms with Gasteiger partial charge in [0.25, 0.3) is 0 Å². The molecule has 0 radical (unpaired) electrons. The summed E-state index contributed by atoms with van der Waals surface area (Å²) in [6.07, 6.45) is 2.49. The van der Waals surface area contributed by atoms with Crippen molar-refractivity contribution in [3.05, 3.63) is 94.8 Å². The summed E-state index contributed by atoms with van der Waals surface area (Å²) < 4.78 is 33.3. The number of aromatic nitrogens is 1. The monoisotopic (exact) mass is 382 g/mol. The second-order valence-corrected chi connectivity index (χ2v) is 6.85. The highest BCUT2D eigenvalue weighted by Gasteiger charge is 2.19. The Labute approximate surface area is 162 Å². The highest BCUT2D eigenvalue weighted by Crippen LogP contribution is 2.30. The minimum atomic E-state index is -0.795. The lowest BCUT2D eigenvalue weighted by Crippen LogP contribution is -2.25. The molecule has 0 unspecified atom stereocenters. The summed E-state index contributed by atoms with van der Waals surface area (Å²) in [4.78, 5) is 6.05. The second-order valence-electron chi connectivity index (χ2n) is 6.85. The van der Waals surface area contributed by atoms with E-state index in [4.69, 9.17) is 4.74 Å². The first-order valence-corrected chi connectivity index (χ1v) is 9.10. The average Bonchev–Trinajstić information content (AvgIpc) is 2.92. The largest absolute Gasteiger partial charge is 0.492 e. The number of hydrogen-bond acceptors (Lipinski definition) is 4. The zero-order valence-electron chi connectivity index (χ0n) is 15.2. The molecule has 0 amide bonds. The van der Waals surface area contributed by atoms with E-state index in [1.54, 1.807) is 18.5 Å². The topological polar surface area (TPSA) is 45.6 Å². The van der Waals surface area contributed by atoms with Crippen LogP contribution in [0.2, 0.25) is 0 Å². The fourth-order valence-electron chi connectivity index (χ4n) is 3.41. The molecule has 0 saturated heterocycles. The quantitative estimate of drug-likeness (QED) is 0.745. The maximum atomic E-state index is 14.0. The smallest absolute Gasteiger partial charge is 0.127 e. The van der Waals surface area contributed by atoms with Crippen molar-refractivity contribution in [2.75, 3.05) is 13.2 Å². The molecule has 2 heterocycles. The Morgan fingerprint density at radius 1 is 1.11 bits per heavy atom. The van der Waals surface area contributed by atoms with Crippen LogP contribution >= 0.6 is 0 Å². The van der Waals surface area contributed by atoms with Gasteiger partial charge in [-0.25, -0.2) is 8.78 Å². The lowest BCUT2D eigenvalue weighted by atomic mass is 10.00. The molecular weight excluding hydrogens is 362 g/mol. The Morgan fingerprint density at radius 2 is 2.00 bits per heavy atom. The molecule has 1 aromatic heterocycles. The Morgan fingerprint density at radius 3 is 2.82 bits per heavy atom. The van der Waals surface area contributed by atoms with E-state index in [1.165, 1.54) is 6.07 Å². The van der Waals surface area contributed by atoms with Crippen molar-refractivity contribution in [1.82, 2.24) is 9.88 Å². The van der Waals surface area contributed by atoms with E-state index >= 15 is 0 Å². The Hall–Kier alpha value is -2.83. The van der Waals surface area contributed by atoms with Gasteiger partial charge in [-0.2, -0.15) is 0 Å². The van der Waals surface area contributed by atoms with Crippen molar-refractivity contribution in [3.63, 3.8) is 0 Å². The number of halogens is 2. The summed E-state index contributed by atoms with van der Waals surface area (Å²) in [5.41, 5.74) is 2.65. The van der Waals surface area contributed by atoms with Crippen molar-refractivity contribution < 1.29 is 18.6 Å². The van der Waals surface area contributed by atoms with Gasteiger partial charge in [0.15, 0.2) is 0 Å². The van der Waals surface area contributed by atoms with Gasteiger partial charge in [0.2, 0.25) is 0 Å². The van der Waals surface area contributed by atoms with Crippen LogP contribution in [0.15, 0.2) is 60.9 Å². The number of aliphatic hydroxyl groups excluding tert-OH is 1. The van der Waals surface area contributed by atoms with Crippen LogP contribution in [0.25, 0.3) is 0 Å². The fourth-order valence-corrected chi connectivity index (χ4v) is 3.41. The van der Waals surface area contributed by atoms with Crippen molar-refractivity contribution in [2.45, 2.75) is 19.2 Å². The number of ether oxygens (including phenoxy) is 1. The maximum absolute atomic E-state index is 14.0. The molecule has 1 aliphatic heterocycles. The van der Waals surface area contributed by atoms with Crippen LogP contribution in [-0.4, -0.2) is 28.1 Å². The van der Waals surface area contributed by atoms with Gasteiger partial charge in [-0.3, -0.25) is 9.88 Å². The molecule has 4 nitrogen and oxygen atoms in total. The SMILES string of the molecule is O[C@@H](c1cccnc1)c1ccc2c(c1)CN(Cc1cc(F)ccc1F)CCO2. The number of benzene rings is 2. The van der Waals surface area contributed by atoms with Crippen LogP contribution in [0.5, 0.6) is 5.75 Å². The number of aliphatic hydroxyl groups is 1. The van der Waals surface area contributed by atoms with Crippen LogP contribution in [0, 0.1) is 11.6 Å². The molecule has 28 heavy (non-hydrogen) atoms. The van der Waals surface area contributed by atoms with E-state index < -0.39 is 17.7 Å². The fraction of sp³-hybridized carbons (Fsp3) is 0.227. The second kappa shape index (κ2) is 8.04. The van der Waals surface area contributed by atoms with E-state index in [0.717, 1.165) is 29.0 Å². The Balaban J connectivity index is 1.57. The normalized spacial score (nSPS) is 15.4. The maximum Gasteiger partial charge on any atom is 0.127 e. The third-order valence-electron chi connectivity index (χ3n) is 4.86.